The van der Waals surface area contributed by atoms with E-state index in [0.29, 0.717) is 12.6 Å². The molecule has 0 radical (unpaired) electrons. The Bertz CT molecular complexity index is 870. The molecule has 4 rings (SSSR count). The van der Waals surface area contributed by atoms with E-state index in [0.717, 1.165) is 31.3 Å². The molecule has 1 saturated heterocycles. The Morgan fingerprint density at radius 3 is 3.12 bits per heavy atom. The molecule has 0 spiro atoms. The van der Waals surface area contributed by atoms with Gasteiger partial charge in [-0.15, -0.1) is 0 Å². The number of likely N-dealkylation sites (tertiary alicyclic amines) is 1. The number of para-hydroxylation sites is 1. The fourth-order valence-corrected chi connectivity index (χ4v) is 4.74. The lowest BCUT2D eigenvalue weighted by Crippen LogP contribution is -2.45. The Hall–Kier alpha value is -2.11. The van der Waals surface area contributed by atoms with Crippen molar-refractivity contribution in [1.82, 2.24) is 15.2 Å². The Kier molecular flexibility index (Phi) is 5.09. The number of H-pyrrole nitrogens is 1. The standard InChI is InChI=1S/C21H25N3OS/c1-15(24-11-4-7-20(24)17-9-12-26-14-17)21(25)22-10-8-16-13-23-19-6-3-2-5-18(16)19/h2-3,5-6,9,12-15,20,23H,4,7-8,10-11H2,1H3,(H,22,25). The Balaban J connectivity index is 1.34. The third-order valence-corrected chi connectivity index (χ3v) is 6.17. The van der Waals surface area contributed by atoms with Gasteiger partial charge in [-0.25, -0.2) is 0 Å². The van der Waals surface area contributed by atoms with Gasteiger partial charge in [0.25, 0.3) is 0 Å². The molecule has 3 heterocycles. The molecular formula is C21H25N3OS. The van der Waals surface area contributed by atoms with E-state index in [1.807, 2.05) is 19.2 Å². The van der Waals surface area contributed by atoms with Gasteiger partial charge < -0.3 is 10.3 Å². The summed E-state index contributed by atoms with van der Waals surface area (Å²) in [6, 6.07) is 10.8. The summed E-state index contributed by atoms with van der Waals surface area (Å²) in [6.07, 6.45) is 5.20. The van der Waals surface area contributed by atoms with E-state index in [1.165, 1.54) is 16.5 Å². The van der Waals surface area contributed by atoms with E-state index in [-0.39, 0.29) is 11.9 Å². The minimum absolute atomic E-state index is 0.0923. The average molecular weight is 368 g/mol. The molecule has 2 aromatic heterocycles. The fourth-order valence-electron chi connectivity index (χ4n) is 4.03. The zero-order chi connectivity index (χ0) is 17.9. The van der Waals surface area contributed by atoms with Gasteiger partial charge >= 0.3 is 0 Å². The van der Waals surface area contributed by atoms with E-state index in [9.17, 15) is 4.79 Å². The number of aromatic nitrogens is 1. The second-order valence-corrected chi connectivity index (χ2v) is 7.81. The SMILES string of the molecule is CC(C(=O)NCCc1c[nH]c2ccccc12)N1CCCC1c1ccsc1. The molecule has 2 unspecified atom stereocenters. The van der Waals surface area contributed by atoms with Crippen molar-refractivity contribution in [1.29, 1.82) is 0 Å². The van der Waals surface area contributed by atoms with Crippen LogP contribution in [0.4, 0.5) is 0 Å². The summed E-state index contributed by atoms with van der Waals surface area (Å²) in [5.41, 5.74) is 3.76. The van der Waals surface area contributed by atoms with Crippen molar-refractivity contribution in [2.45, 2.75) is 38.3 Å². The molecule has 1 aromatic carbocycles. The highest BCUT2D eigenvalue weighted by Gasteiger charge is 2.32. The van der Waals surface area contributed by atoms with Crippen LogP contribution in [0, 0.1) is 0 Å². The van der Waals surface area contributed by atoms with E-state index in [4.69, 9.17) is 0 Å². The average Bonchev–Trinajstić information content (AvgIpc) is 3.40. The summed E-state index contributed by atoms with van der Waals surface area (Å²) in [4.78, 5) is 18.3. The number of aromatic amines is 1. The number of carbonyl (C=O) groups excluding carboxylic acids is 1. The maximum absolute atomic E-state index is 12.7. The largest absolute Gasteiger partial charge is 0.361 e. The highest BCUT2D eigenvalue weighted by molar-refractivity contribution is 7.07. The minimum Gasteiger partial charge on any atom is -0.361 e. The zero-order valence-electron chi connectivity index (χ0n) is 15.1. The molecule has 0 aliphatic carbocycles. The van der Waals surface area contributed by atoms with Crippen LogP contribution >= 0.6 is 11.3 Å². The molecule has 5 heteroatoms. The second-order valence-electron chi connectivity index (χ2n) is 7.03. The van der Waals surface area contributed by atoms with Gasteiger partial charge in [0.1, 0.15) is 0 Å². The Morgan fingerprint density at radius 2 is 2.27 bits per heavy atom. The number of carbonyl (C=O) groups is 1. The molecule has 0 saturated carbocycles. The van der Waals surface area contributed by atoms with Gasteiger partial charge in [-0.3, -0.25) is 9.69 Å². The van der Waals surface area contributed by atoms with Crippen molar-refractivity contribution in [3.8, 4) is 0 Å². The van der Waals surface area contributed by atoms with Crippen LogP contribution in [0.25, 0.3) is 10.9 Å². The number of amides is 1. The fraction of sp³-hybridized carbons (Fsp3) is 0.381. The van der Waals surface area contributed by atoms with Crippen LogP contribution in [0.2, 0.25) is 0 Å². The number of thiophene rings is 1. The van der Waals surface area contributed by atoms with Crippen molar-refractivity contribution in [3.63, 3.8) is 0 Å². The first kappa shape index (κ1) is 17.3. The molecular weight excluding hydrogens is 342 g/mol. The van der Waals surface area contributed by atoms with Gasteiger partial charge in [0, 0.05) is 29.7 Å². The molecule has 4 nitrogen and oxygen atoms in total. The smallest absolute Gasteiger partial charge is 0.237 e. The molecule has 1 fully saturated rings. The van der Waals surface area contributed by atoms with Crippen LogP contribution in [0.1, 0.15) is 36.9 Å². The third kappa shape index (κ3) is 3.41. The molecule has 1 aliphatic rings. The first-order chi connectivity index (χ1) is 12.7. The number of nitrogens with zero attached hydrogens (tertiary/aromatic N) is 1. The number of nitrogens with one attached hydrogen (secondary N) is 2. The van der Waals surface area contributed by atoms with Crippen molar-refractivity contribution >= 4 is 28.1 Å². The normalized spacial score (nSPS) is 19.0. The van der Waals surface area contributed by atoms with Crippen molar-refractivity contribution in [2.75, 3.05) is 13.1 Å². The number of hydrogen-bond donors (Lipinski definition) is 2. The van der Waals surface area contributed by atoms with Crippen LogP contribution in [0.5, 0.6) is 0 Å². The van der Waals surface area contributed by atoms with Crippen LogP contribution in [0.3, 0.4) is 0 Å². The van der Waals surface area contributed by atoms with Gasteiger partial charge in [0.05, 0.1) is 6.04 Å². The molecule has 0 bridgehead atoms. The van der Waals surface area contributed by atoms with Gasteiger partial charge in [-0.2, -0.15) is 11.3 Å². The van der Waals surface area contributed by atoms with Crippen LogP contribution in [0.15, 0.2) is 47.3 Å². The quantitative estimate of drug-likeness (QED) is 0.689. The predicted molar refractivity (Wildman–Crippen MR) is 107 cm³/mol. The van der Waals surface area contributed by atoms with E-state index < -0.39 is 0 Å². The van der Waals surface area contributed by atoms with Crippen molar-refractivity contribution in [3.05, 3.63) is 58.4 Å². The van der Waals surface area contributed by atoms with Gasteiger partial charge in [0.2, 0.25) is 5.91 Å². The third-order valence-electron chi connectivity index (χ3n) is 5.47. The molecule has 26 heavy (non-hydrogen) atoms. The highest BCUT2D eigenvalue weighted by atomic mass is 32.1. The zero-order valence-corrected chi connectivity index (χ0v) is 15.9. The Labute approximate surface area is 158 Å². The summed E-state index contributed by atoms with van der Waals surface area (Å²) < 4.78 is 0. The first-order valence-electron chi connectivity index (χ1n) is 9.34. The summed E-state index contributed by atoms with van der Waals surface area (Å²) >= 11 is 1.73. The molecule has 1 aliphatic heterocycles. The maximum atomic E-state index is 12.7. The van der Waals surface area contributed by atoms with Crippen LogP contribution in [-0.2, 0) is 11.2 Å². The molecule has 1 amide bonds. The molecule has 2 atom stereocenters. The monoisotopic (exact) mass is 367 g/mol. The molecule has 2 N–H and O–H groups in total. The van der Waals surface area contributed by atoms with E-state index >= 15 is 0 Å². The number of benzene rings is 1. The van der Waals surface area contributed by atoms with Gasteiger partial charge in [-0.05, 0) is 66.8 Å². The topological polar surface area (TPSA) is 48.1 Å². The minimum atomic E-state index is -0.0923. The summed E-state index contributed by atoms with van der Waals surface area (Å²) in [5.74, 6) is 0.131. The lowest BCUT2D eigenvalue weighted by atomic mass is 10.1. The van der Waals surface area contributed by atoms with Gasteiger partial charge in [0.15, 0.2) is 0 Å². The molecule has 3 aromatic rings. The second kappa shape index (κ2) is 7.64. The first-order valence-corrected chi connectivity index (χ1v) is 10.3. The highest BCUT2D eigenvalue weighted by Crippen LogP contribution is 2.34. The van der Waals surface area contributed by atoms with Crippen LogP contribution in [-0.4, -0.2) is 34.9 Å². The summed E-state index contributed by atoms with van der Waals surface area (Å²) in [5, 5.41) is 8.71. The van der Waals surface area contributed by atoms with E-state index in [1.54, 1.807) is 11.3 Å². The Morgan fingerprint density at radius 1 is 1.38 bits per heavy atom. The lowest BCUT2D eigenvalue weighted by molar-refractivity contribution is -0.126. The summed E-state index contributed by atoms with van der Waals surface area (Å²) in [7, 11) is 0. The number of fused-ring (bicyclic) bond motifs is 1. The molecule has 136 valence electrons. The number of hydrogen-bond acceptors (Lipinski definition) is 3. The van der Waals surface area contributed by atoms with Crippen molar-refractivity contribution < 1.29 is 4.79 Å². The lowest BCUT2D eigenvalue weighted by Gasteiger charge is -2.29. The van der Waals surface area contributed by atoms with Crippen LogP contribution < -0.4 is 5.32 Å². The van der Waals surface area contributed by atoms with Crippen molar-refractivity contribution in [2.24, 2.45) is 0 Å². The maximum Gasteiger partial charge on any atom is 0.237 e. The predicted octanol–water partition coefficient (Wildman–Crippen LogP) is 4.11. The van der Waals surface area contributed by atoms with E-state index in [2.05, 4.69) is 50.2 Å². The number of rotatable bonds is 6. The summed E-state index contributed by atoms with van der Waals surface area (Å²) in [6.45, 7) is 3.70. The van der Waals surface area contributed by atoms with Gasteiger partial charge in [-0.1, -0.05) is 18.2 Å².